The van der Waals surface area contributed by atoms with E-state index in [1.807, 2.05) is 4.72 Å². The minimum absolute atomic E-state index is 0.354. The molecule has 0 aliphatic rings. The van der Waals surface area contributed by atoms with Crippen LogP contribution in [0.3, 0.4) is 0 Å². The standard InChI is InChI=1S/C8H6F3NO3S/c9-8(10,11)15-5-1-3-6(4-2-5)16-12-7(13)14/h1-4,12H,(H,13,14). The van der Waals surface area contributed by atoms with Crippen LogP contribution in [-0.4, -0.2) is 17.6 Å². The molecule has 88 valence electrons. The Morgan fingerprint density at radius 1 is 1.31 bits per heavy atom. The largest absolute Gasteiger partial charge is 0.573 e. The average Bonchev–Trinajstić information content (AvgIpc) is 2.14. The summed E-state index contributed by atoms with van der Waals surface area (Å²) in [5.41, 5.74) is 0. The van der Waals surface area contributed by atoms with Gasteiger partial charge < -0.3 is 9.84 Å². The maximum absolute atomic E-state index is 11.8. The molecule has 1 aromatic rings. The van der Waals surface area contributed by atoms with E-state index < -0.39 is 12.5 Å². The van der Waals surface area contributed by atoms with Crippen molar-refractivity contribution in [2.75, 3.05) is 0 Å². The van der Waals surface area contributed by atoms with Crippen LogP contribution in [0.25, 0.3) is 0 Å². The van der Waals surface area contributed by atoms with E-state index in [-0.39, 0.29) is 5.75 Å². The summed E-state index contributed by atoms with van der Waals surface area (Å²) in [5, 5.41) is 8.28. The van der Waals surface area contributed by atoms with E-state index in [0.717, 1.165) is 24.1 Å². The molecule has 0 unspecified atom stereocenters. The van der Waals surface area contributed by atoms with Gasteiger partial charge in [0.1, 0.15) is 5.75 Å². The number of carbonyl (C=O) groups is 1. The molecule has 8 heteroatoms. The molecule has 16 heavy (non-hydrogen) atoms. The summed E-state index contributed by atoms with van der Waals surface area (Å²) in [5.74, 6) is -0.354. The zero-order valence-electron chi connectivity index (χ0n) is 7.62. The van der Waals surface area contributed by atoms with Crippen molar-refractivity contribution in [3.8, 4) is 5.75 Å². The van der Waals surface area contributed by atoms with Gasteiger partial charge in [-0.1, -0.05) is 0 Å². The van der Waals surface area contributed by atoms with Crippen LogP contribution in [0.2, 0.25) is 0 Å². The number of rotatable bonds is 3. The topological polar surface area (TPSA) is 58.6 Å². The SMILES string of the molecule is O=C(O)NSc1ccc(OC(F)(F)F)cc1. The van der Waals surface area contributed by atoms with Gasteiger partial charge in [-0.3, -0.25) is 4.72 Å². The fourth-order valence-corrected chi connectivity index (χ4v) is 1.29. The number of nitrogens with one attached hydrogen (secondary N) is 1. The van der Waals surface area contributed by atoms with Crippen LogP contribution in [0, 0.1) is 0 Å². The molecular formula is C8H6F3NO3S. The Hall–Kier alpha value is -1.57. The highest BCUT2D eigenvalue weighted by Crippen LogP contribution is 2.24. The molecule has 1 aromatic carbocycles. The van der Waals surface area contributed by atoms with E-state index in [2.05, 4.69) is 4.74 Å². The summed E-state index contributed by atoms with van der Waals surface area (Å²) in [6.07, 6.45) is -5.96. The Morgan fingerprint density at radius 2 is 1.88 bits per heavy atom. The molecule has 0 saturated carbocycles. The lowest BCUT2D eigenvalue weighted by molar-refractivity contribution is -0.274. The van der Waals surface area contributed by atoms with E-state index in [4.69, 9.17) is 5.11 Å². The molecule has 0 heterocycles. The predicted octanol–water partition coefficient (Wildman–Crippen LogP) is 2.86. The molecule has 0 aliphatic heterocycles. The van der Waals surface area contributed by atoms with Crippen molar-refractivity contribution in [3.05, 3.63) is 24.3 Å². The number of ether oxygens (including phenoxy) is 1. The monoisotopic (exact) mass is 253 g/mol. The van der Waals surface area contributed by atoms with Gasteiger partial charge in [0.25, 0.3) is 0 Å². The number of amides is 1. The van der Waals surface area contributed by atoms with Crippen molar-refractivity contribution in [1.29, 1.82) is 0 Å². The summed E-state index contributed by atoms with van der Waals surface area (Å²) in [6, 6.07) is 4.81. The minimum Gasteiger partial charge on any atom is -0.464 e. The van der Waals surface area contributed by atoms with Crippen molar-refractivity contribution < 1.29 is 27.8 Å². The number of alkyl halides is 3. The van der Waals surface area contributed by atoms with E-state index in [0.29, 0.717) is 4.90 Å². The van der Waals surface area contributed by atoms with Crippen LogP contribution < -0.4 is 9.46 Å². The molecule has 4 nitrogen and oxygen atoms in total. The van der Waals surface area contributed by atoms with Gasteiger partial charge in [0, 0.05) is 4.90 Å². The van der Waals surface area contributed by atoms with Gasteiger partial charge in [-0.25, -0.2) is 4.79 Å². The second-order valence-electron chi connectivity index (χ2n) is 2.53. The second kappa shape index (κ2) is 4.97. The van der Waals surface area contributed by atoms with Crippen LogP contribution in [0.5, 0.6) is 5.75 Å². The Labute approximate surface area is 92.5 Å². The second-order valence-corrected chi connectivity index (χ2v) is 3.41. The highest BCUT2D eigenvalue weighted by molar-refractivity contribution is 7.98. The molecule has 0 radical (unpaired) electrons. The third-order valence-electron chi connectivity index (χ3n) is 1.31. The molecule has 0 aliphatic carbocycles. The highest BCUT2D eigenvalue weighted by atomic mass is 32.2. The van der Waals surface area contributed by atoms with Crippen molar-refractivity contribution in [2.24, 2.45) is 0 Å². The van der Waals surface area contributed by atoms with Crippen LogP contribution in [0.4, 0.5) is 18.0 Å². The Kier molecular flexibility index (Phi) is 3.88. The van der Waals surface area contributed by atoms with Gasteiger partial charge in [-0.05, 0) is 36.2 Å². The van der Waals surface area contributed by atoms with Gasteiger partial charge in [-0.15, -0.1) is 13.2 Å². The van der Waals surface area contributed by atoms with Gasteiger partial charge in [0.15, 0.2) is 0 Å². The van der Waals surface area contributed by atoms with E-state index in [1.54, 1.807) is 0 Å². The smallest absolute Gasteiger partial charge is 0.464 e. The number of hydrogen-bond acceptors (Lipinski definition) is 3. The fourth-order valence-electron chi connectivity index (χ4n) is 0.812. The maximum atomic E-state index is 11.8. The Morgan fingerprint density at radius 3 is 2.31 bits per heavy atom. The van der Waals surface area contributed by atoms with Crippen molar-refractivity contribution in [2.45, 2.75) is 11.3 Å². The normalized spacial score (nSPS) is 10.9. The molecule has 1 amide bonds. The molecule has 0 aromatic heterocycles. The first-order chi connectivity index (χ1) is 7.37. The highest BCUT2D eigenvalue weighted by Gasteiger charge is 2.30. The lowest BCUT2D eigenvalue weighted by Gasteiger charge is -2.08. The van der Waals surface area contributed by atoms with E-state index in [9.17, 15) is 18.0 Å². The minimum atomic E-state index is -4.73. The fraction of sp³-hybridized carbons (Fsp3) is 0.125. The Balaban J connectivity index is 2.57. The summed E-state index contributed by atoms with van der Waals surface area (Å²) >= 11 is 0.769. The van der Waals surface area contributed by atoms with E-state index >= 15 is 0 Å². The predicted molar refractivity (Wildman–Crippen MR) is 50.1 cm³/mol. The van der Waals surface area contributed by atoms with Crippen LogP contribution in [0.15, 0.2) is 29.2 Å². The number of benzene rings is 1. The lowest BCUT2D eigenvalue weighted by atomic mass is 10.3. The van der Waals surface area contributed by atoms with Crippen LogP contribution in [0.1, 0.15) is 0 Å². The molecule has 0 spiro atoms. The molecule has 0 saturated heterocycles. The molecule has 1 rings (SSSR count). The molecule has 0 atom stereocenters. The average molecular weight is 253 g/mol. The van der Waals surface area contributed by atoms with Gasteiger partial charge in [-0.2, -0.15) is 0 Å². The van der Waals surface area contributed by atoms with Crippen LogP contribution >= 0.6 is 11.9 Å². The zero-order valence-corrected chi connectivity index (χ0v) is 8.43. The molecule has 0 bridgehead atoms. The summed E-state index contributed by atoms with van der Waals surface area (Å²) in [6.45, 7) is 0. The third-order valence-corrected chi connectivity index (χ3v) is 2.10. The van der Waals surface area contributed by atoms with Crippen molar-refractivity contribution in [1.82, 2.24) is 4.72 Å². The van der Waals surface area contributed by atoms with Gasteiger partial charge >= 0.3 is 12.5 Å². The quantitative estimate of drug-likeness (QED) is 0.813. The number of hydrogen-bond donors (Lipinski definition) is 2. The summed E-state index contributed by atoms with van der Waals surface area (Å²) in [7, 11) is 0. The lowest BCUT2D eigenvalue weighted by Crippen LogP contribution is -2.17. The van der Waals surface area contributed by atoms with Gasteiger partial charge in [0.2, 0.25) is 0 Å². The van der Waals surface area contributed by atoms with Crippen molar-refractivity contribution in [3.63, 3.8) is 0 Å². The first kappa shape index (κ1) is 12.5. The molecule has 0 fully saturated rings. The van der Waals surface area contributed by atoms with Crippen molar-refractivity contribution >= 4 is 18.0 Å². The first-order valence-electron chi connectivity index (χ1n) is 3.88. The number of halogens is 3. The first-order valence-corrected chi connectivity index (χ1v) is 4.70. The zero-order chi connectivity index (χ0) is 12.2. The number of carboxylic acid groups (broad SMARTS) is 1. The summed E-state index contributed by atoms with van der Waals surface area (Å²) in [4.78, 5) is 10.6. The maximum Gasteiger partial charge on any atom is 0.573 e. The molecular weight excluding hydrogens is 247 g/mol. The van der Waals surface area contributed by atoms with Crippen LogP contribution in [-0.2, 0) is 0 Å². The van der Waals surface area contributed by atoms with Gasteiger partial charge in [0.05, 0.1) is 0 Å². The summed E-state index contributed by atoms with van der Waals surface area (Å²) < 4.78 is 41.0. The Bertz CT molecular complexity index is 366. The molecule has 2 N–H and O–H groups in total. The third kappa shape index (κ3) is 4.78. The van der Waals surface area contributed by atoms with E-state index in [1.165, 1.54) is 12.1 Å².